The van der Waals surface area contributed by atoms with E-state index in [-0.39, 0.29) is 6.04 Å². The highest BCUT2D eigenvalue weighted by atomic mass is 127. The van der Waals surface area contributed by atoms with E-state index in [1.54, 1.807) is 6.34 Å². The summed E-state index contributed by atoms with van der Waals surface area (Å²) in [5, 5.41) is 2.89. The number of hydrogen-bond donors (Lipinski definition) is 1. The number of fused-ring (bicyclic) bond motifs is 1. The van der Waals surface area contributed by atoms with E-state index < -0.39 is 0 Å². The van der Waals surface area contributed by atoms with Crippen LogP contribution < -0.4 is 5.32 Å². The molecule has 1 heterocycles. The lowest BCUT2D eigenvalue weighted by Crippen LogP contribution is -2.23. The summed E-state index contributed by atoms with van der Waals surface area (Å²) in [5.74, 6) is 0. The lowest BCUT2D eigenvalue weighted by atomic mass is 10.1. The molecule has 1 atom stereocenters. The number of carbonyl (C=O) groups is 1. The van der Waals surface area contributed by atoms with Gasteiger partial charge in [0.15, 0.2) is 0 Å². The Morgan fingerprint density at radius 1 is 1.54 bits per heavy atom. The Balaban J connectivity index is 2.54. The Labute approximate surface area is 89.4 Å². The first kappa shape index (κ1) is 8.68. The van der Waals surface area contributed by atoms with Crippen LogP contribution in [0.3, 0.4) is 0 Å². The molecule has 3 nitrogen and oxygen atoms in total. The number of nitrogens with one attached hydrogen (secondary N) is 1. The molecule has 2 rings (SSSR count). The zero-order chi connectivity index (χ0) is 9.26. The van der Waals surface area contributed by atoms with Gasteiger partial charge in [0.05, 0.1) is 12.0 Å². The summed E-state index contributed by atoms with van der Waals surface area (Å²) in [5.41, 5.74) is 1.82. The molecule has 1 unspecified atom stereocenters. The van der Waals surface area contributed by atoms with E-state index in [4.69, 9.17) is 0 Å². The number of hydrogen-bond acceptors (Lipinski definition) is 3. The molecule has 1 aliphatic rings. The molecule has 1 aliphatic heterocycles. The van der Waals surface area contributed by atoms with Crippen LogP contribution in [0.4, 0.5) is 5.69 Å². The molecular weight excluding hydrogens is 279 g/mol. The Bertz CT molecular complexity index is 376. The standard InChI is InChI=1S/C9H7IN2O/c10-6-1-2-8-7(3-6)9(4-13)12-5-11-8/h1-5,9H,(H,11,12). The minimum Gasteiger partial charge on any atom is -0.363 e. The van der Waals surface area contributed by atoms with Crippen molar-refractivity contribution in [2.45, 2.75) is 6.04 Å². The van der Waals surface area contributed by atoms with Gasteiger partial charge < -0.3 is 10.1 Å². The quantitative estimate of drug-likeness (QED) is 0.631. The van der Waals surface area contributed by atoms with Crippen LogP contribution >= 0.6 is 22.6 Å². The highest BCUT2D eigenvalue weighted by molar-refractivity contribution is 14.1. The fourth-order valence-corrected chi connectivity index (χ4v) is 1.80. The first-order valence-electron chi connectivity index (χ1n) is 3.84. The smallest absolute Gasteiger partial charge is 0.146 e. The minimum absolute atomic E-state index is 0.248. The van der Waals surface area contributed by atoms with Crippen molar-refractivity contribution < 1.29 is 4.79 Å². The predicted molar refractivity (Wildman–Crippen MR) is 59.3 cm³/mol. The first-order chi connectivity index (χ1) is 6.31. The third kappa shape index (κ3) is 1.58. The van der Waals surface area contributed by atoms with Gasteiger partial charge in [0.2, 0.25) is 0 Å². The van der Waals surface area contributed by atoms with Gasteiger partial charge in [-0.15, -0.1) is 0 Å². The summed E-state index contributed by atoms with van der Waals surface area (Å²) in [6.07, 6.45) is 2.45. The zero-order valence-electron chi connectivity index (χ0n) is 6.70. The lowest BCUT2D eigenvalue weighted by molar-refractivity contribution is -0.109. The van der Waals surface area contributed by atoms with E-state index in [1.807, 2.05) is 18.2 Å². The molecule has 0 saturated carbocycles. The molecule has 0 bridgehead atoms. The number of aliphatic imine (C=N–C) groups is 1. The number of halogens is 1. The number of benzene rings is 1. The van der Waals surface area contributed by atoms with Gasteiger partial charge in [-0.05, 0) is 40.8 Å². The van der Waals surface area contributed by atoms with Gasteiger partial charge in [-0.2, -0.15) is 0 Å². The lowest BCUT2D eigenvalue weighted by Gasteiger charge is -2.17. The topological polar surface area (TPSA) is 41.5 Å². The first-order valence-corrected chi connectivity index (χ1v) is 4.92. The van der Waals surface area contributed by atoms with Crippen molar-refractivity contribution in [1.29, 1.82) is 0 Å². The average molecular weight is 286 g/mol. The second-order valence-corrected chi connectivity index (χ2v) is 3.99. The molecule has 0 aliphatic carbocycles. The maximum atomic E-state index is 10.7. The Morgan fingerprint density at radius 3 is 3.15 bits per heavy atom. The van der Waals surface area contributed by atoms with E-state index >= 15 is 0 Å². The van der Waals surface area contributed by atoms with Gasteiger partial charge >= 0.3 is 0 Å². The van der Waals surface area contributed by atoms with Crippen molar-refractivity contribution in [3.8, 4) is 0 Å². The number of nitrogens with zero attached hydrogens (tertiary/aromatic N) is 1. The third-order valence-electron chi connectivity index (χ3n) is 1.92. The third-order valence-corrected chi connectivity index (χ3v) is 2.59. The fourth-order valence-electron chi connectivity index (χ4n) is 1.28. The molecule has 0 amide bonds. The SMILES string of the molecule is O=CC1NC=Nc2ccc(I)cc21. The van der Waals surface area contributed by atoms with Crippen molar-refractivity contribution >= 4 is 40.9 Å². The highest BCUT2D eigenvalue weighted by Gasteiger charge is 2.16. The Morgan fingerprint density at radius 2 is 2.38 bits per heavy atom. The van der Waals surface area contributed by atoms with Gasteiger partial charge in [-0.25, -0.2) is 4.99 Å². The van der Waals surface area contributed by atoms with Crippen LogP contribution in [0.5, 0.6) is 0 Å². The largest absolute Gasteiger partial charge is 0.363 e. The van der Waals surface area contributed by atoms with E-state index in [0.717, 1.165) is 21.1 Å². The maximum absolute atomic E-state index is 10.7. The van der Waals surface area contributed by atoms with Gasteiger partial charge in [0.1, 0.15) is 12.3 Å². The van der Waals surface area contributed by atoms with E-state index in [9.17, 15) is 4.79 Å². The Hall–Kier alpha value is -0.910. The summed E-state index contributed by atoms with van der Waals surface area (Å²) < 4.78 is 1.11. The molecule has 0 radical (unpaired) electrons. The number of carbonyl (C=O) groups excluding carboxylic acids is 1. The maximum Gasteiger partial charge on any atom is 0.146 e. The highest BCUT2D eigenvalue weighted by Crippen LogP contribution is 2.28. The summed E-state index contributed by atoms with van der Waals surface area (Å²) in [7, 11) is 0. The minimum atomic E-state index is -0.248. The molecule has 1 aromatic rings. The molecule has 1 aromatic carbocycles. The molecule has 0 spiro atoms. The van der Waals surface area contributed by atoms with Gasteiger partial charge in [0.25, 0.3) is 0 Å². The molecule has 0 aromatic heterocycles. The van der Waals surface area contributed by atoms with Gasteiger partial charge in [0, 0.05) is 9.13 Å². The van der Waals surface area contributed by atoms with Gasteiger partial charge in [-0.1, -0.05) is 0 Å². The monoisotopic (exact) mass is 286 g/mol. The summed E-state index contributed by atoms with van der Waals surface area (Å²) in [6, 6.07) is 5.62. The van der Waals surface area contributed by atoms with Crippen LogP contribution in [0.1, 0.15) is 11.6 Å². The van der Waals surface area contributed by atoms with Crippen molar-refractivity contribution in [2.75, 3.05) is 0 Å². The molecule has 0 saturated heterocycles. The second-order valence-electron chi connectivity index (χ2n) is 2.74. The van der Waals surface area contributed by atoms with Crippen molar-refractivity contribution in [3.63, 3.8) is 0 Å². The summed E-state index contributed by atoms with van der Waals surface area (Å²) in [4.78, 5) is 14.8. The summed E-state index contributed by atoms with van der Waals surface area (Å²) >= 11 is 2.22. The fraction of sp³-hybridized carbons (Fsp3) is 0.111. The van der Waals surface area contributed by atoms with Crippen LogP contribution in [0.25, 0.3) is 0 Å². The molecule has 4 heteroatoms. The zero-order valence-corrected chi connectivity index (χ0v) is 8.86. The van der Waals surface area contributed by atoms with Crippen molar-refractivity contribution in [1.82, 2.24) is 5.32 Å². The summed E-state index contributed by atoms with van der Waals surface area (Å²) in [6.45, 7) is 0. The van der Waals surface area contributed by atoms with Gasteiger partial charge in [-0.3, -0.25) is 0 Å². The molecule has 1 N–H and O–H groups in total. The van der Waals surface area contributed by atoms with Crippen molar-refractivity contribution in [2.24, 2.45) is 4.99 Å². The van der Waals surface area contributed by atoms with Crippen LogP contribution in [0.15, 0.2) is 23.2 Å². The molecule has 66 valence electrons. The van der Waals surface area contributed by atoms with E-state index in [0.29, 0.717) is 0 Å². The van der Waals surface area contributed by atoms with E-state index in [2.05, 4.69) is 32.9 Å². The molecular formula is C9H7IN2O. The number of aldehydes is 1. The number of rotatable bonds is 1. The normalized spacial score (nSPS) is 19.0. The molecule has 0 fully saturated rings. The predicted octanol–water partition coefficient (Wildman–Crippen LogP) is 1.79. The molecule has 13 heavy (non-hydrogen) atoms. The average Bonchev–Trinajstić information content (AvgIpc) is 2.17. The second kappa shape index (κ2) is 3.45. The van der Waals surface area contributed by atoms with Crippen molar-refractivity contribution in [3.05, 3.63) is 27.3 Å². The van der Waals surface area contributed by atoms with E-state index in [1.165, 1.54) is 0 Å². The Kier molecular flexibility index (Phi) is 2.30. The van der Waals surface area contributed by atoms with Crippen LogP contribution in [-0.2, 0) is 4.79 Å². The van der Waals surface area contributed by atoms with Crippen LogP contribution in [0, 0.1) is 3.57 Å². The van der Waals surface area contributed by atoms with Crippen LogP contribution in [0.2, 0.25) is 0 Å². The van der Waals surface area contributed by atoms with Crippen LogP contribution in [-0.4, -0.2) is 12.6 Å².